The normalized spacial score (nSPS) is 11.5. The Morgan fingerprint density at radius 2 is 1.49 bits per heavy atom. The summed E-state index contributed by atoms with van der Waals surface area (Å²) >= 11 is 6.08. The minimum atomic E-state index is -3.91. The van der Waals surface area contributed by atoms with Crippen LogP contribution in [-0.4, -0.2) is 35.5 Å². The van der Waals surface area contributed by atoms with Gasteiger partial charge in [-0.2, -0.15) is 0 Å². The van der Waals surface area contributed by atoms with Crippen LogP contribution in [0.2, 0.25) is 5.02 Å². The van der Waals surface area contributed by atoms with Gasteiger partial charge in [-0.25, -0.2) is 16.8 Å². The van der Waals surface area contributed by atoms with Crippen molar-refractivity contribution in [3.05, 3.63) is 113 Å². The number of carbonyl (C=O) groups is 1. The Bertz CT molecular complexity index is 1730. The SMILES string of the molecule is Cc1ccc(NS(=O)(=O)c2ccc(NC(=O)CN(c3ccc(OCc4ccccc4)cc3)S(C)(=O)=O)cc2)cc1Cl. The lowest BCUT2D eigenvalue weighted by atomic mass is 10.2. The maximum absolute atomic E-state index is 12.8. The van der Waals surface area contributed by atoms with Gasteiger partial charge in [-0.1, -0.05) is 48.0 Å². The molecule has 0 spiro atoms. The van der Waals surface area contributed by atoms with Crippen molar-refractivity contribution in [2.24, 2.45) is 0 Å². The number of nitrogens with zero attached hydrogens (tertiary/aromatic N) is 1. The smallest absolute Gasteiger partial charge is 0.261 e. The van der Waals surface area contributed by atoms with Crippen molar-refractivity contribution in [2.75, 3.05) is 27.1 Å². The van der Waals surface area contributed by atoms with Crippen LogP contribution in [0.15, 0.2) is 102 Å². The number of hydrogen-bond acceptors (Lipinski definition) is 6. The molecule has 0 radical (unpaired) electrons. The monoisotopic (exact) mass is 613 g/mol. The van der Waals surface area contributed by atoms with Gasteiger partial charge in [-0.15, -0.1) is 0 Å². The third-order valence-electron chi connectivity index (χ3n) is 5.93. The molecule has 12 heteroatoms. The number of aryl methyl sites for hydroxylation is 1. The molecular formula is C29H28ClN3O6S2. The molecule has 0 aromatic heterocycles. The Morgan fingerprint density at radius 3 is 2.10 bits per heavy atom. The Kier molecular flexibility index (Phi) is 9.21. The summed E-state index contributed by atoms with van der Waals surface area (Å²) < 4.78 is 59.7. The molecule has 0 aliphatic carbocycles. The highest BCUT2D eigenvalue weighted by atomic mass is 35.5. The Labute approximate surface area is 244 Å². The molecule has 0 saturated heterocycles. The first-order valence-corrected chi connectivity index (χ1v) is 16.0. The van der Waals surface area contributed by atoms with E-state index in [1.807, 2.05) is 37.3 Å². The second kappa shape index (κ2) is 12.6. The maximum atomic E-state index is 12.8. The van der Waals surface area contributed by atoms with Gasteiger partial charge in [0.1, 0.15) is 18.9 Å². The average Bonchev–Trinajstić information content (AvgIpc) is 2.93. The number of hydrogen-bond donors (Lipinski definition) is 2. The summed E-state index contributed by atoms with van der Waals surface area (Å²) in [6, 6.07) is 26.3. The molecule has 0 fully saturated rings. The summed E-state index contributed by atoms with van der Waals surface area (Å²) in [6.07, 6.45) is 1.01. The van der Waals surface area contributed by atoms with Gasteiger partial charge < -0.3 is 10.1 Å². The summed E-state index contributed by atoms with van der Waals surface area (Å²) in [5.74, 6) is -0.0617. The molecule has 0 saturated carbocycles. The lowest BCUT2D eigenvalue weighted by Crippen LogP contribution is -2.37. The summed E-state index contributed by atoms with van der Waals surface area (Å²) in [4.78, 5) is 12.7. The van der Waals surface area contributed by atoms with Crippen molar-refractivity contribution < 1.29 is 26.4 Å². The molecule has 0 unspecified atom stereocenters. The number of benzene rings is 4. The molecule has 0 aliphatic heterocycles. The second-order valence-electron chi connectivity index (χ2n) is 9.18. The van der Waals surface area contributed by atoms with E-state index in [1.54, 1.807) is 36.4 Å². The fraction of sp³-hybridized carbons (Fsp3) is 0.138. The van der Waals surface area contributed by atoms with Crippen LogP contribution in [0.4, 0.5) is 17.1 Å². The van der Waals surface area contributed by atoms with E-state index in [4.69, 9.17) is 16.3 Å². The summed E-state index contributed by atoms with van der Waals surface area (Å²) in [5.41, 5.74) is 2.71. The predicted octanol–water partition coefficient (Wildman–Crippen LogP) is 5.43. The van der Waals surface area contributed by atoms with Gasteiger partial charge in [0, 0.05) is 10.7 Å². The van der Waals surface area contributed by atoms with Gasteiger partial charge in [-0.3, -0.25) is 13.8 Å². The van der Waals surface area contributed by atoms with Gasteiger partial charge in [-0.05, 0) is 78.7 Å². The first-order valence-electron chi connectivity index (χ1n) is 12.3. The van der Waals surface area contributed by atoms with E-state index in [1.165, 1.54) is 30.3 Å². The summed E-state index contributed by atoms with van der Waals surface area (Å²) in [5, 5.41) is 3.03. The minimum Gasteiger partial charge on any atom is -0.489 e. The lowest BCUT2D eigenvalue weighted by molar-refractivity contribution is -0.114. The number of halogens is 1. The first kappa shape index (κ1) is 29.9. The van der Waals surface area contributed by atoms with Crippen molar-refractivity contribution in [2.45, 2.75) is 18.4 Å². The van der Waals surface area contributed by atoms with Gasteiger partial charge in [0.25, 0.3) is 10.0 Å². The van der Waals surface area contributed by atoms with Crippen LogP contribution >= 0.6 is 11.6 Å². The van der Waals surface area contributed by atoms with E-state index in [0.717, 1.165) is 21.7 Å². The molecular weight excluding hydrogens is 586 g/mol. The number of sulfonamides is 2. The molecule has 0 bridgehead atoms. The van der Waals surface area contributed by atoms with E-state index in [2.05, 4.69) is 10.0 Å². The Balaban J connectivity index is 1.39. The molecule has 214 valence electrons. The number of rotatable bonds is 11. The predicted molar refractivity (Wildman–Crippen MR) is 161 cm³/mol. The Morgan fingerprint density at radius 1 is 0.854 bits per heavy atom. The van der Waals surface area contributed by atoms with Gasteiger partial charge in [0.05, 0.1) is 22.5 Å². The van der Waals surface area contributed by atoms with Crippen molar-refractivity contribution >= 4 is 54.6 Å². The van der Waals surface area contributed by atoms with Crippen LogP contribution in [0.5, 0.6) is 5.75 Å². The molecule has 9 nitrogen and oxygen atoms in total. The number of ether oxygens (including phenoxy) is 1. The number of anilines is 3. The zero-order chi connectivity index (χ0) is 29.6. The minimum absolute atomic E-state index is 0.0282. The average molecular weight is 614 g/mol. The summed E-state index contributed by atoms with van der Waals surface area (Å²) in [7, 11) is -7.71. The summed E-state index contributed by atoms with van der Waals surface area (Å²) in [6.45, 7) is 1.68. The molecule has 4 rings (SSSR count). The Hall–Kier alpha value is -4.06. The van der Waals surface area contributed by atoms with Gasteiger partial charge >= 0.3 is 0 Å². The van der Waals surface area contributed by atoms with Crippen LogP contribution in [0.3, 0.4) is 0 Å². The number of amides is 1. The number of nitrogens with one attached hydrogen (secondary N) is 2. The van der Waals surface area contributed by atoms with Crippen LogP contribution in [0.25, 0.3) is 0 Å². The second-order valence-corrected chi connectivity index (χ2v) is 13.2. The first-order chi connectivity index (χ1) is 19.4. The van der Waals surface area contributed by atoms with Gasteiger partial charge in [0.2, 0.25) is 15.9 Å². The van der Waals surface area contributed by atoms with Crippen molar-refractivity contribution in [3.63, 3.8) is 0 Å². The molecule has 2 N–H and O–H groups in total. The highest BCUT2D eigenvalue weighted by Gasteiger charge is 2.21. The van der Waals surface area contributed by atoms with E-state index in [0.29, 0.717) is 34.4 Å². The van der Waals surface area contributed by atoms with Crippen LogP contribution in [0.1, 0.15) is 11.1 Å². The standard InChI is InChI=1S/C29H28ClN3O6S2/c1-21-8-9-24(18-28(21)30)32-41(37,38)27-16-10-23(11-17-27)31-29(34)19-33(40(2,35)36)25-12-14-26(15-13-25)39-20-22-6-4-3-5-7-22/h3-18,32H,19-20H2,1-2H3,(H,31,34). The third kappa shape index (κ3) is 8.23. The van der Waals surface area contributed by atoms with Crippen LogP contribution < -0.4 is 19.1 Å². The molecule has 41 heavy (non-hydrogen) atoms. The fourth-order valence-electron chi connectivity index (χ4n) is 3.77. The molecule has 4 aromatic carbocycles. The maximum Gasteiger partial charge on any atom is 0.261 e. The van der Waals surface area contributed by atoms with E-state index in [-0.39, 0.29) is 4.90 Å². The third-order valence-corrected chi connectivity index (χ3v) is 8.88. The van der Waals surface area contributed by atoms with Crippen LogP contribution in [-0.2, 0) is 31.4 Å². The molecule has 4 aromatic rings. The zero-order valence-corrected chi connectivity index (χ0v) is 24.6. The quantitative estimate of drug-likeness (QED) is 0.233. The molecule has 1 amide bonds. The largest absolute Gasteiger partial charge is 0.489 e. The highest BCUT2D eigenvalue weighted by Crippen LogP contribution is 2.25. The topological polar surface area (TPSA) is 122 Å². The van der Waals surface area contributed by atoms with Crippen molar-refractivity contribution in [3.8, 4) is 5.75 Å². The highest BCUT2D eigenvalue weighted by molar-refractivity contribution is 7.92. The molecule has 0 heterocycles. The van der Waals surface area contributed by atoms with Gasteiger partial charge in [0.15, 0.2) is 0 Å². The van der Waals surface area contributed by atoms with Crippen molar-refractivity contribution in [1.82, 2.24) is 0 Å². The van der Waals surface area contributed by atoms with E-state index in [9.17, 15) is 21.6 Å². The lowest BCUT2D eigenvalue weighted by Gasteiger charge is -2.22. The molecule has 0 aliphatic rings. The fourth-order valence-corrected chi connectivity index (χ4v) is 5.85. The van der Waals surface area contributed by atoms with E-state index < -0.39 is 32.5 Å². The van der Waals surface area contributed by atoms with Crippen molar-refractivity contribution in [1.29, 1.82) is 0 Å². The molecule has 0 atom stereocenters. The number of carbonyl (C=O) groups excluding carboxylic acids is 1. The van der Waals surface area contributed by atoms with E-state index >= 15 is 0 Å². The van der Waals surface area contributed by atoms with Crippen LogP contribution in [0, 0.1) is 6.92 Å². The zero-order valence-electron chi connectivity index (χ0n) is 22.2.